The Balaban J connectivity index is 2.84. The summed E-state index contributed by atoms with van der Waals surface area (Å²) in [5.41, 5.74) is 5.24. The highest BCUT2D eigenvalue weighted by atomic mass is 32.1. The number of thiophene rings is 1. The van der Waals surface area contributed by atoms with Crippen molar-refractivity contribution in [3.8, 4) is 0 Å². The van der Waals surface area contributed by atoms with E-state index in [1.165, 1.54) is 18.3 Å². The molecule has 0 radical (unpaired) electrons. The molecule has 0 saturated heterocycles. The molecule has 0 spiro atoms. The van der Waals surface area contributed by atoms with E-state index in [-0.39, 0.29) is 6.61 Å². The van der Waals surface area contributed by atoms with Crippen LogP contribution in [0.15, 0.2) is 6.07 Å². The Bertz CT molecular complexity index is 527. The van der Waals surface area contributed by atoms with Crippen molar-refractivity contribution < 1.29 is 19.1 Å². The summed E-state index contributed by atoms with van der Waals surface area (Å²) >= 11 is 1.26. The van der Waals surface area contributed by atoms with Crippen molar-refractivity contribution >= 4 is 34.2 Å². The van der Waals surface area contributed by atoms with Crippen molar-refractivity contribution in [3.63, 3.8) is 0 Å². The van der Waals surface area contributed by atoms with Gasteiger partial charge in [0.2, 0.25) is 5.91 Å². The van der Waals surface area contributed by atoms with Gasteiger partial charge in [0, 0.05) is 4.88 Å². The van der Waals surface area contributed by atoms with Crippen LogP contribution in [-0.2, 0) is 9.53 Å². The number of aryl methyl sites for hydroxylation is 1. The Hall–Kier alpha value is -2.09. The van der Waals surface area contributed by atoms with Gasteiger partial charge in [-0.2, -0.15) is 0 Å². The summed E-state index contributed by atoms with van der Waals surface area (Å²) in [5, 5.41) is 5.24. The molecule has 20 heavy (non-hydrogen) atoms. The molecule has 4 N–H and O–H groups in total. The molecule has 1 aromatic heterocycles. The van der Waals surface area contributed by atoms with Gasteiger partial charge in [-0.1, -0.05) is 0 Å². The topological polar surface area (TPSA) is 111 Å². The van der Waals surface area contributed by atoms with E-state index in [2.05, 4.69) is 10.6 Å². The fraction of sp³-hybridized carbons (Fsp3) is 0.417. The van der Waals surface area contributed by atoms with Crippen LogP contribution in [0.4, 0.5) is 9.80 Å². The summed E-state index contributed by atoms with van der Waals surface area (Å²) in [6.07, 6.45) is 0. The molecule has 1 aromatic rings. The van der Waals surface area contributed by atoms with Gasteiger partial charge in [0.1, 0.15) is 11.0 Å². The second-order valence-corrected chi connectivity index (χ2v) is 5.30. The first-order valence-corrected chi connectivity index (χ1v) is 6.81. The van der Waals surface area contributed by atoms with E-state index in [1.807, 2.05) is 6.92 Å². The van der Waals surface area contributed by atoms with Crippen LogP contribution in [0.2, 0.25) is 0 Å². The lowest BCUT2D eigenvalue weighted by atomic mass is 10.2. The molecule has 8 heteroatoms. The molecule has 0 bridgehead atoms. The van der Waals surface area contributed by atoms with E-state index >= 15 is 0 Å². The SMILES string of the molecule is CCOC(=O)c1cc(C)sc1NC(=O)C(C)NC(N)=O. The van der Waals surface area contributed by atoms with Gasteiger partial charge >= 0.3 is 12.0 Å². The van der Waals surface area contributed by atoms with Gasteiger partial charge < -0.3 is 21.1 Å². The molecule has 7 nitrogen and oxygen atoms in total. The zero-order valence-electron chi connectivity index (χ0n) is 11.5. The van der Waals surface area contributed by atoms with E-state index < -0.39 is 23.9 Å². The van der Waals surface area contributed by atoms with Gasteiger partial charge in [0.05, 0.1) is 12.2 Å². The van der Waals surface area contributed by atoms with Crippen molar-refractivity contribution in [3.05, 3.63) is 16.5 Å². The van der Waals surface area contributed by atoms with Gasteiger partial charge in [0.25, 0.3) is 0 Å². The predicted molar refractivity (Wildman–Crippen MR) is 75.8 cm³/mol. The van der Waals surface area contributed by atoms with Crippen LogP contribution in [0.5, 0.6) is 0 Å². The molecule has 0 aromatic carbocycles. The fourth-order valence-electron chi connectivity index (χ4n) is 1.47. The summed E-state index contributed by atoms with van der Waals surface area (Å²) in [5.74, 6) is -0.959. The molecule has 0 aliphatic carbocycles. The first-order chi connectivity index (χ1) is 9.35. The summed E-state index contributed by atoms with van der Waals surface area (Å²) in [4.78, 5) is 35.2. The van der Waals surface area contributed by atoms with Crippen molar-refractivity contribution in [2.45, 2.75) is 26.8 Å². The zero-order valence-corrected chi connectivity index (χ0v) is 12.3. The summed E-state index contributed by atoms with van der Waals surface area (Å²) in [6, 6.07) is 0.0512. The van der Waals surface area contributed by atoms with Crippen molar-refractivity contribution in [2.24, 2.45) is 5.73 Å². The average Bonchev–Trinajstić information content (AvgIpc) is 2.69. The normalized spacial score (nSPS) is 11.6. The lowest BCUT2D eigenvalue weighted by molar-refractivity contribution is -0.117. The average molecular weight is 299 g/mol. The first-order valence-electron chi connectivity index (χ1n) is 5.99. The van der Waals surface area contributed by atoms with E-state index in [0.717, 1.165) is 4.88 Å². The number of anilines is 1. The van der Waals surface area contributed by atoms with Crippen molar-refractivity contribution in [1.82, 2.24) is 5.32 Å². The standard InChI is InChI=1S/C12H17N3O4S/c1-4-19-11(17)8-5-6(2)20-10(8)15-9(16)7(3)14-12(13)18/h5,7H,4H2,1-3H3,(H,15,16)(H3,13,14,18). The number of hydrogen-bond acceptors (Lipinski definition) is 5. The maximum absolute atomic E-state index is 11.9. The Labute approximate surface area is 120 Å². The molecule has 1 rings (SSSR count). The van der Waals surface area contributed by atoms with Crippen LogP contribution in [0.3, 0.4) is 0 Å². The highest BCUT2D eigenvalue weighted by molar-refractivity contribution is 7.16. The number of nitrogens with one attached hydrogen (secondary N) is 2. The highest BCUT2D eigenvalue weighted by Gasteiger charge is 2.20. The summed E-state index contributed by atoms with van der Waals surface area (Å²) in [7, 11) is 0. The molecular formula is C12H17N3O4S. The monoisotopic (exact) mass is 299 g/mol. The van der Waals surface area contributed by atoms with E-state index in [1.54, 1.807) is 13.0 Å². The quantitative estimate of drug-likeness (QED) is 0.710. The minimum Gasteiger partial charge on any atom is -0.462 e. The second kappa shape index (κ2) is 6.90. The molecule has 3 amide bonds. The number of nitrogens with two attached hydrogens (primary N) is 1. The van der Waals surface area contributed by atoms with Gasteiger partial charge in [0.15, 0.2) is 0 Å². The van der Waals surface area contributed by atoms with Gasteiger partial charge in [-0.05, 0) is 26.8 Å². The molecular weight excluding hydrogens is 282 g/mol. The third kappa shape index (κ3) is 4.23. The third-order valence-corrected chi connectivity index (χ3v) is 3.31. The number of ether oxygens (including phenoxy) is 1. The minimum absolute atomic E-state index is 0.251. The first kappa shape index (κ1) is 16.0. The fourth-order valence-corrected chi connectivity index (χ4v) is 2.37. The zero-order chi connectivity index (χ0) is 15.3. The Morgan fingerprint density at radius 1 is 1.45 bits per heavy atom. The van der Waals surface area contributed by atoms with E-state index in [9.17, 15) is 14.4 Å². The minimum atomic E-state index is -0.801. The lowest BCUT2D eigenvalue weighted by Gasteiger charge is -2.12. The molecule has 110 valence electrons. The maximum Gasteiger partial charge on any atom is 0.341 e. The Kier molecular flexibility index (Phi) is 5.51. The smallest absolute Gasteiger partial charge is 0.341 e. The van der Waals surface area contributed by atoms with Gasteiger partial charge in [-0.15, -0.1) is 11.3 Å². The van der Waals surface area contributed by atoms with Crippen LogP contribution in [-0.4, -0.2) is 30.6 Å². The maximum atomic E-state index is 11.9. The van der Waals surface area contributed by atoms with Crippen molar-refractivity contribution in [1.29, 1.82) is 0 Å². The largest absolute Gasteiger partial charge is 0.462 e. The molecule has 0 aliphatic rings. The molecule has 0 aliphatic heterocycles. The number of primary amides is 1. The highest BCUT2D eigenvalue weighted by Crippen LogP contribution is 2.28. The second-order valence-electron chi connectivity index (χ2n) is 4.04. The number of rotatable bonds is 5. The van der Waals surface area contributed by atoms with E-state index in [4.69, 9.17) is 10.5 Å². The summed E-state index contributed by atoms with van der Waals surface area (Å²) < 4.78 is 4.92. The Morgan fingerprint density at radius 3 is 2.65 bits per heavy atom. The van der Waals surface area contributed by atoms with Crippen LogP contribution < -0.4 is 16.4 Å². The number of hydrogen-bond donors (Lipinski definition) is 3. The van der Waals surface area contributed by atoms with Gasteiger partial charge in [-0.25, -0.2) is 9.59 Å². The third-order valence-electron chi connectivity index (χ3n) is 2.34. The lowest BCUT2D eigenvalue weighted by Crippen LogP contribution is -2.44. The molecule has 0 fully saturated rings. The Morgan fingerprint density at radius 2 is 2.10 bits per heavy atom. The van der Waals surface area contributed by atoms with Crippen LogP contribution in [0, 0.1) is 6.92 Å². The molecule has 1 atom stereocenters. The van der Waals surface area contributed by atoms with Crippen LogP contribution in [0.1, 0.15) is 29.1 Å². The van der Waals surface area contributed by atoms with E-state index in [0.29, 0.717) is 10.6 Å². The van der Waals surface area contributed by atoms with Crippen molar-refractivity contribution in [2.75, 3.05) is 11.9 Å². The predicted octanol–water partition coefficient (Wildman–Crippen LogP) is 1.23. The van der Waals surface area contributed by atoms with Gasteiger partial charge in [-0.3, -0.25) is 4.79 Å². The molecule has 1 heterocycles. The van der Waals surface area contributed by atoms with Crippen LogP contribution >= 0.6 is 11.3 Å². The van der Waals surface area contributed by atoms with Crippen LogP contribution in [0.25, 0.3) is 0 Å². The molecule has 0 saturated carbocycles. The number of esters is 1. The number of carbonyl (C=O) groups excluding carboxylic acids is 3. The summed E-state index contributed by atoms with van der Waals surface area (Å²) in [6.45, 7) is 5.26. The molecule has 1 unspecified atom stereocenters. The number of carbonyl (C=O) groups is 3. The number of urea groups is 1. The number of amides is 3.